The van der Waals surface area contributed by atoms with Crippen LogP contribution in [-0.2, 0) is 13.1 Å². The van der Waals surface area contributed by atoms with Crippen LogP contribution in [-0.4, -0.2) is 42.5 Å². The van der Waals surface area contributed by atoms with Gasteiger partial charge in [0.15, 0.2) is 5.96 Å². The van der Waals surface area contributed by atoms with Gasteiger partial charge in [0.2, 0.25) is 5.89 Å². The van der Waals surface area contributed by atoms with Crippen LogP contribution in [0.15, 0.2) is 33.7 Å². The molecule has 6 nitrogen and oxygen atoms in total. The number of hydrogen-bond acceptors (Lipinski definition) is 4. The fourth-order valence-electron chi connectivity index (χ4n) is 3.44. The Balaban J connectivity index is 0.00000300. The van der Waals surface area contributed by atoms with E-state index in [1.54, 1.807) is 13.1 Å². The van der Waals surface area contributed by atoms with E-state index in [0.717, 1.165) is 67.9 Å². The summed E-state index contributed by atoms with van der Waals surface area (Å²) in [6, 6.07) is 6.60. The zero-order chi connectivity index (χ0) is 19.9. The van der Waals surface area contributed by atoms with Crippen molar-refractivity contribution in [2.75, 3.05) is 26.7 Å². The quantitative estimate of drug-likeness (QED) is 0.350. The first-order chi connectivity index (χ1) is 13.5. The molecular formula is C21H31FIN5O. The number of nitrogens with zero attached hydrogens (tertiary/aromatic N) is 3. The van der Waals surface area contributed by atoms with E-state index >= 15 is 0 Å². The zero-order valence-corrected chi connectivity index (χ0v) is 19.7. The maximum Gasteiger partial charge on any atom is 0.208 e. The Labute approximate surface area is 189 Å². The van der Waals surface area contributed by atoms with E-state index in [0.29, 0.717) is 12.5 Å². The molecular weight excluding hydrogens is 484 g/mol. The Hall–Kier alpha value is -1.68. The van der Waals surface area contributed by atoms with E-state index in [1.807, 2.05) is 19.9 Å². The van der Waals surface area contributed by atoms with Crippen LogP contribution in [0.4, 0.5) is 4.39 Å². The standard InChI is InChI=1S/C21H30FN5O.HI/c1-15-16(2)28-20(26-15)14-27-9-7-17(8-10-27)12-24-21(23-3)25-13-18-5-4-6-19(22)11-18;/h4-6,11,17H,7-10,12-14H2,1-3H3,(H2,23,24,25);1H. The van der Waals surface area contributed by atoms with Gasteiger partial charge in [-0.2, -0.15) is 0 Å². The Morgan fingerprint density at radius 1 is 1.28 bits per heavy atom. The third kappa shape index (κ3) is 7.26. The fraction of sp³-hybridized carbons (Fsp3) is 0.524. The van der Waals surface area contributed by atoms with E-state index in [2.05, 4.69) is 25.5 Å². The molecule has 1 aliphatic heterocycles. The van der Waals surface area contributed by atoms with Crippen LogP contribution in [0.1, 0.15) is 35.7 Å². The van der Waals surface area contributed by atoms with Crippen molar-refractivity contribution in [3.63, 3.8) is 0 Å². The van der Waals surface area contributed by atoms with Crippen LogP contribution in [0.3, 0.4) is 0 Å². The molecule has 0 bridgehead atoms. The summed E-state index contributed by atoms with van der Waals surface area (Å²) in [5.41, 5.74) is 1.87. The maximum atomic E-state index is 13.3. The molecule has 2 N–H and O–H groups in total. The zero-order valence-electron chi connectivity index (χ0n) is 17.4. The van der Waals surface area contributed by atoms with E-state index in [4.69, 9.17) is 4.42 Å². The number of oxazole rings is 1. The SMILES string of the molecule is CN=C(NCc1cccc(F)c1)NCC1CCN(Cc2nc(C)c(C)o2)CC1.I. The molecule has 2 heterocycles. The van der Waals surface area contributed by atoms with Crippen molar-refractivity contribution in [2.45, 2.75) is 39.8 Å². The van der Waals surface area contributed by atoms with Gasteiger partial charge in [0.25, 0.3) is 0 Å². The fourth-order valence-corrected chi connectivity index (χ4v) is 3.44. The highest BCUT2D eigenvalue weighted by Crippen LogP contribution is 2.19. The normalized spacial score (nSPS) is 15.8. The van der Waals surface area contributed by atoms with E-state index in [9.17, 15) is 4.39 Å². The van der Waals surface area contributed by atoms with Crippen LogP contribution >= 0.6 is 24.0 Å². The van der Waals surface area contributed by atoms with Crippen molar-refractivity contribution in [2.24, 2.45) is 10.9 Å². The van der Waals surface area contributed by atoms with Gasteiger partial charge in [-0.15, -0.1) is 24.0 Å². The van der Waals surface area contributed by atoms with E-state index in [-0.39, 0.29) is 29.8 Å². The Bertz CT molecular complexity index is 783. The summed E-state index contributed by atoms with van der Waals surface area (Å²) in [4.78, 5) is 11.1. The number of nitrogens with one attached hydrogen (secondary N) is 2. The number of aliphatic imine (C=N–C) groups is 1. The molecule has 3 rings (SSSR count). The predicted octanol–water partition coefficient (Wildman–Crippen LogP) is 3.63. The van der Waals surface area contributed by atoms with Gasteiger partial charge in [-0.05, 0) is 63.4 Å². The molecule has 1 aliphatic rings. The molecule has 0 amide bonds. The summed E-state index contributed by atoms with van der Waals surface area (Å²) >= 11 is 0. The molecule has 0 spiro atoms. The summed E-state index contributed by atoms with van der Waals surface area (Å²) in [5.74, 6) is 2.86. The number of aryl methyl sites for hydroxylation is 2. The lowest BCUT2D eigenvalue weighted by molar-refractivity contribution is 0.164. The van der Waals surface area contributed by atoms with E-state index in [1.165, 1.54) is 12.1 Å². The third-order valence-electron chi connectivity index (χ3n) is 5.27. The van der Waals surface area contributed by atoms with Gasteiger partial charge in [-0.25, -0.2) is 9.37 Å². The number of hydrogen-bond donors (Lipinski definition) is 2. The third-order valence-corrected chi connectivity index (χ3v) is 5.27. The monoisotopic (exact) mass is 515 g/mol. The number of benzene rings is 1. The molecule has 8 heteroatoms. The average molecular weight is 515 g/mol. The topological polar surface area (TPSA) is 65.7 Å². The maximum absolute atomic E-state index is 13.3. The molecule has 29 heavy (non-hydrogen) atoms. The average Bonchev–Trinajstić information content (AvgIpc) is 3.00. The molecule has 0 radical (unpaired) electrons. The van der Waals surface area contributed by atoms with Crippen molar-refractivity contribution in [1.82, 2.24) is 20.5 Å². The highest BCUT2D eigenvalue weighted by molar-refractivity contribution is 14.0. The van der Waals surface area contributed by atoms with E-state index < -0.39 is 0 Å². The predicted molar refractivity (Wildman–Crippen MR) is 124 cm³/mol. The number of halogens is 2. The van der Waals surface area contributed by atoms with Gasteiger partial charge >= 0.3 is 0 Å². The Morgan fingerprint density at radius 2 is 2.03 bits per heavy atom. The van der Waals surface area contributed by atoms with Crippen LogP contribution in [0, 0.1) is 25.6 Å². The Kier molecular flexibility index (Phi) is 9.35. The summed E-state index contributed by atoms with van der Waals surface area (Å²) in [6.07, 6.45) is 2.26. The second-order valence-electron chi connectivity index (χ2n) is 7.41. The van der Waals surface area contributed by atoms with Crippen molar-refractivity contribution in [3.05, 3.63) is 53.0 Å². The van der Waals surface area contributed by atoms with Crippen LogP contribution in [0.2, 0.25) is 0 Å². The van der Waals surface area contributed by atoms with Crippen molar-refractivity contribution in [3.8, 4) is 0 Å². The first-order valence-electron chi connectivity index (χ1n) is 9.87. The minimum Gasteiger partial charge on any atom is -0.444 e. The number of piperidine rings is 1. The first kappa shape index (κ1) is 23.6. The molecule has 2 aromatic rings. The smallest absolute Gasteiger partial charge is 0.208 e. The Morgan fingerprint density at radius 3 is 2.66 bits per heavy atom. The molecule has 1 fully saturated rings. The van der Waals surface area contributed by atoms with Gasteiger partial charge < -0.3 is 15.1 Å². The van der Waals surface area contributed by atoms with Crippen molar-refractivity contribution in [1.29, 1.82) is 0 Å². The van der Waals surface area contributed by atoms with Crippen LogP contribution in [0.5, 0.6) is 0 Å². The van der Waals surface area contributed by atoms with Gasteiger partial charge in [0.05, 0.1) is 12.2 Å². The summed E-state index contributed by atoms with van der Waals surface area (Å²) in [5, 5.41) is 6.64. The van der Waals surface area contributed by atoms with Gasteiger partial charge in [0.1, 0.15) is 11.6 Å². The number of guanidine groups is 1. The summed E-state index contributed by atoms with van der Waals surface area (Å²) < 4.78 is 19.0. The first-order valence-corrected chi connectivity index (χ1v) is 9.87. The minimum atomic E-state index is -0.218. The van der Waals surface area contributed by atoms with Gasteiger partial charge in [0, 0.05) is 20.1 Å². The second kappa shape index (κ2) is 11.5. The van der Waals surface area contributed by atoms with Gasteiger partial charge in [-0.3, -0.25) is 9.89 Å². The second-order valence-corrected chi connectivity index (χ2v) is 7.41. The number of rotatable bonds is 6. The molecule has 1 aromatic carbocycles. The van der Waals surface area contributed by atoms with Crippen molar-refractivity contribution < 1.29 is 8.81 Å². The molecule has 0 saturated carbocycles. The minimum absolute atomic E-state index is 0. The number of aromatic nitrogens is 1. The molecule has 0 aliphatic carbocycles. The van der Waals surface area contributed by atoms with Crippen LogP contribution < -0.4 is 10.6 Å². The highest BCUT2D eigenvalue weighted by atomic mass is 127. The lowest BCUT2D eigenvalue weighted by Gasteiger charge is -2.31. The summed E-state index contributed by atoms with van der Waals surface area (Å²) in [7, 11) is 1.75. The summed E-state index contributed by atoms with van der Waals surface area (Å²) in [6.45, 7) is 8.24. The molecule has 1 aromatic heterocycles. The molecule has 0 atom stereocenters. The lowest BCUT2D eigenvalue weighted by atomic mass is 9.97. The molecule has 0 unspecified atom stereocenters. The molecule has 1 saturated heterocycles. The van der Waals surface area contributed by atoms with Gasteiger partial charge in [-0.1, -0.05) is 12.1 Å². The van der Waals surface area contributed by atoms with Crippen LogP contribution in [0.25, 0.3) is 0 Å². The highest BCUT2D eigenvalue weighted by Gasteiger charge is 2.21. The largest absolute Gasteiger partial charge is 0.444 e. The number of likely N-dealkylation sites (tertiary alicyclic amines) is 1. The molecule has 160 valence electrons. The van der Waals surface area contributed by atoms with Crippen molar-refractivity contribution >= 4 is 29.9 Å². The lowest BCUT2D eigenvalue weighted by Crippen LogP contribution is -2.42.